The van der Waals surface area contributed by atoms with Crippen LogP contribution in [0.1, 0.15) is 19.4 Å². The maximum atomic E-state index is 12.3. The highest BCUT2D eigenvalue weighted by Gasteiger charge is 2.27. The Morgan fingerprint density at radius 2 is 2.21 bits per heavy atom. The monoisotopic (exact) mass is 373 g/mol. The quantitative estimate of drug-likeness (QED) is 0.651. The van der Waals surface area contributed by atoms with Crippen LogP contribution in [0, 0.1) is 11.8 Å². The third-order valence-electron chi connectivity index (χ3n) is 3.55. The fourth-order valence-corrected chi connectivity index (χ4v) is 3.42. The average Bonchev–Trinajstić information content (AvgIpc) is 2.43. The minimum absolute atomic E-state index is 0.0703. The van der Waals surface area contributed by atoms with Crippen molar-refractivity contribution in [2.45, 2.75) is 26.3 Å². The Kier molecular flexibility index (Phi) is 5.07. The molecule has 2 unspecified atom stereocenters. The summed E-state index contributed by atoms with van der Waals surface area (Å²) in [5.74, 6) is 1.42. The van der Waals surface area contributed by atoms with Crippen LogP contribution in [0.4, 0.5) is 0 Å². The number of rotatable bonds is 4. The van der Waals surface area contributed by atoms with Crippen molar-refractivity contribution in [2.24, 2.45) is 11.8 Å². The van der Waals surface area contributed by atoms with Crippen molar-refractivity contribution < 1.29 is 9.53 Å². The SMILES string of the molecule is CC(C)C(CI)NC(=O)C1COc2ccccc2C1. The van der Waals surface area contributed by atoms with Crippen LogP contribution in [0.5, 0.6) is 5.75 Å². The molecule has 0 bridgehead atoms. The number of carbonyl (C=O) groups is 1. The van der Waals surface area contributed by atoms with Gasteiger partial charge in [-0.05, 0) is 24.0 Å². The molecule has 2 rings (SSSR count). The number of amides is 1. The number of fused-ring (bicyclic) bond motifs is 1. The van der Waals surface area contributed by atoms with E-state index in [2.05, 4.69) is 41.8 Å². The van der Waals surface area contributed by atoms with Crippen LogP contribution < -0.4 is 10.1 Å². The van der Waals surface area contributed by atoms with Crippen molar-refractivity contribution in [2.75, 3.05) is 11.0 Å². The van der Waals surface area contributed by atoms with Gasteiger partial charge in [-0.1, -0.05) is 54.6 Å². The first-order valence-corrected chi connectivity index (χ1v) is 8.21. The van der Waals surface area contributed by atoms with Gasteiger partial charge in [0.25, 0.3) is 0 Å². The number of halogens is 1. The molecule has 1 aromatic rings. The minimum Gasteiger partial charge on any atom is -0.492 e. The number of alkyl halides is 1. The van der Waals surface area contributed by atoms with E-state index in [0.717, 1.165) is 22.2 Å². The first kappa shape index (κ1) is 14.6. The van der Waals surface area contributed by atoms with Gasteiger partial charge in [0.15, 0.2) is 0 Å². The summed E-state index contributed by atoms with van der Waals surface area (Å²) in [6.45, 7) is 4.75. The van der Waals surface area contributed by atoms with E-state index in [1.54, 1.807) is 0 Å². The standard InChI is InChI=1S/C15H20INO2/c1-10(2)13(8-16)17-15(18)12-7-11-5-3-4-6-14(11)19-9-12/h3-6,10,12-13H,7-9H2,1-2H3,(H,17,18). The van der Waals surface area contributed by atoms with Crippen LogP contribution in [0.2, 0.25) is 0 Å². The molecule has 1 aliphatic rings. The van der Waals surface area contributed by atoms with E-state index >= 15 is 0 Å². The summed E-state index contributed by atoms with van der Waals surface area (Å²) in [6.07, 6.45) is 0.772. The topological polar surface area (TPSA) is 38.3 Å². The Labute approximate surface area is 128 Å². The van der Waals surface area contributed by atoms with Crippen molar-refractivity contribution >= 4 is 28.5 Å². The molecule has 0 saturated carbocycles. The zero-order chi connectivity index (χ0) is 13.8. The maximum absolute atomic E-state index is 12.3. The predicted octanol–water partition coefficient (Wildman–Crippen LogP) is 2.81. The van der Waals surface area contributed by atoms with Gasteiger partial charge in [0.2, 0.25) is 5.91 Å². The molecule has 0 spiro atoms. The maximum Gasteiger partial charge on any atom is 0.227 e. The number of hydrogen-bond donors (Lipinski definition) is 1. The van der Waals surface area contributed by atoms with Crippen LogP contribution >= 0.6 is 22.6 Å². The van der Waals surface area contributed by atoms with Crippen molar-refractivity contribution in [3.8, 4) is 5.75 Å². The summed E-state index contributed by atoms with van der Waals surface area (Å²) in [7, 11) is 0. The number of benzene rings is 1. The second kappa shape index (κ2) is 6.59. The molecule has 2 atom stereocenters. The van der Waals surface area contributed by atoms with E-state index in [1.807, 2.05) is 24.3 Å². The summed E-state index contributed by atoms with van der Waals surface area (Å²) in [5.41, 5.74) is 1.13. The lowest BCUT2D eigenvalue weighted by Crippen LogP contribution is -2.45. The highest BCUT2D eigenvalue weighted by molar-refractivity contribution is 14.1. The van der Waals surface area contributed by atoms with Gasteiger partial charge in [0.1, 0.15) is 12.4 Å². The van der Waals surface area contributed by atoms with Gasteiger partial charge < -0.3 is 10.1 Å². The number of para-hydroxylation sites is 1. The summed E-state index contributed by atoms with van der Waals surface area (Å²) >= 11 is 2.32. The molecule has 1 N–H and O–H groups in total. The van der Waals surface area contributed by atoms with Gasteiger partial charge in [-0.15, -0.1) is 0 Å². The van der Waals surface area contributed by atoms with Crippen LogP contribution in [0.15, 0.2) is 24.3 Å². The highest BCUT2D eigenvalue weighted by Crippen LogP contribution is 2.27. The van der Waals surface area contributed by atoms with Crippen molar-refractivity contribution in [1.82, 2.24) is 5.32 Å². The zero-order valence-corrected chi connectivity index (χ0v) is 13.5. The first-order valence-electron chi connectivity index (χ1n) is 6.69. The molecule has 1 amide bonds. The molecule has 19 heavy (non-hydrogen) atoms. The van der Waals surface area contributed by atoms with Gasteiger partial charge >= 0.3 is 0 Å². The molecule has 1 aromatic carbocycles. The van der Waals surface area contributed by atoms with Crippen molar-refractivity contribution in [1.29, 1.82) is 0 Å². The van der Waals surface area contributed by atoms with Gasteiger partial charge in [0.05, 0.1) is 5.92 Å². The van der Waals surface area contributed by atoms with E-state index in [1.165, 1.54) is 0 Å². The summed E-state index contributed by atoms with van der Waals surface area (Å²) in [6, 6.07) is 8.19. The van der Waals surface area contributed by atoms with E-state index in [0.29, 0.717) is 12.5 Å². The van der Waals surface area contributed by atoms with Crippen LogP contribution in [0.3, 0.4) is 0 Å². The molecular weight excluding hydrogens is 353 g/mol. The molecular formula is C15H20INO2. The molecule has 1 aliphatic heterocycles. The zero-order valence-electron chi connectivity index (χ0n) is 11.4. The molecule has 1 heterocycles. The lowest BCUT2D eigenvalue weighted by Gasteiger charge is -2.27. The molecule has 0 aromatic heterocycles. The molecule has 0 fully saturated rings. The molecule has 3 nitrogen and oxygen atoms in total. The molecule has 0 aliphatic carbocycles. The van der Waals surface area contributed by atoms with E-state index in [-0.39, 0.29) is 17.9 Å². The normalized spacial score (nSPS) is 19.5. The number of hydrogen-bond acceptors (Lipinski definition) is 2. The number of ether oxygens (including phenoxy) is 1. The average molecular weight is 373 g/mol. The Balaban J connectivity index is 1.99. The smallest absolute Gasteiger partial charge is 0.227 e. The minimum atomic E-state index is -0.0703. The van der Waals surface area contributed by atoms with E-state index in [4.69, 9.17) is 4.74 Å². The van der Waals surface area contributed by atoms with Crippen molar-refractivity contribution in [3.05, 3.63) is 29.8 Å². The van der Waals surface area contributed by atoms with Crippen LogP contribution in [-0.2, 0) is 11.2 Å². The second-order valence-corrected chi connectivity index (χ2v) is 6.21. The Bertz CT molecular complexity index is 448. The van der Waals surface area contributed by atoms with Crippen LogP contribution in [0.25, 0.3) is 0 Å². The Hall–Kier alpha value is -0.780. The van der Waals surface area contributed by atoms with E-state index in [9.17, 15) is 4.79 Å². The molecule has 104 valence electrons. The second-order valence-electron chi connectivity index (χ2n) is 5.33. The van der Waals surface area contributed by atoms with Crippen LogP contribution in [-0.4, -0.2) is 23.0 Å². The summed E-state index contributed by atoms with van der Waals surface area (Å²) in [4.78, 5) is 12.3. The van der Waals surface area contributed by atoms with Gasteiger partial charge in [0, 0.05) is 10.5 Å². The first-order chi connectivity index (χ1) is 9.11. The number of carbonyl (C=O) groups excluding carboxylic acids is 1. The summed E-state index contributed by atoms with van der Waals surface area (Å²) in [5, 5.41) is 3.14. The fraction of sp³-hybridized carbons (Fsp3) is 0.533. The van der Waals surface area contributed by atoms with Gasteiger partial charge in [-0.3, -0.25) is 4.79 Å². The third kappa shape index (κ3) is 3.61. The molecule has 4 heteroatoms. The number of nitrogens with one attached hydrogen (secondary N) is 1. The predicted molar refractivity (Wildman–Crippen MR) is 84.8 cm³/mol. The van der Waals surface area contributed by atoms with Gasteiger partial charge in [-0.2, -0.15) is 0 Å². The summed E-state index contributed by atoms with van der Waals surface area (Å²) < 4.78 is 6.61. The fourth-order valence-electron chi connectivity index (χ4n) is 2.18. The third-order valence-corrected chi connectivity index (χ3v) is 4.50. The van der Waals surface area contributed by atoms with E-state index < -0.39 is 0 Å². The Morgan fingerprint density at radius 1 is 1.47 bits per heavy atom. The van der Waals surface area contributed by atoms with Crippen molar-refractivity contribution in [3.63, 3.8) is 0 Å². The highest BCUT2D eigenvalue weighted by atomic mass is 127. The molecule has 0 radical (unpaired) electrons. The largest absolute Gasteiger partial charge is 0.492 e. The molecule has 0 saturated heterocycles. The Morgan fingerprint density at radius 3 is 2.89 bits per heavy atom. The van der Waals surface area contributed by atoms with Gasteiger partial charge in [-0.25, -0.2) is 0 Å². The lowest BCUT2D eigenvalue weighted by molar-refractivity contribution is -0.127. The lowest BCUT2D eigenvalue weighted by atomic mass is 9.95.